The standard InChI is InChI=1S/C12H20N2OS/c1-14(9-11-2-5-13-8-11)12(10-15)3-6-16-7-4-12/h2,5,8,13,15H,3-4,6-7,9-10H2,1H3. The fourth-order valence-electron chi connectivity index (χ4n) is 2.31. The first-order valence-electron chi connectivity index (χ1n) is 5.78. The highest BCUT2D eigenvalue weighted by atomic mass is 32.2. The molecular weight excluding hydrogens is 220 g/mol. The van der Waals surface area contributed by atoms with Gasteiger partial charge in [-0.05, 0) is 43.0 Å². The second-order valence-electron chi connectivity index (χ2n) is 4.57. The van der Waals surface area contributed by atoms with Crippen LogP contribution in [0.5, 0.6) is 0 Å². The first-order valence-corrected chi connectivity index (χ1v) is 6.94. The monoisotopic (exact) mass is 240 g/mol. The number of hydrogen-bond acceptors (Lipinski definition) is 3. The van der Waals surface area contributed by atoms with Gasteiger partial charge in [0.1, 0.15) is 0 Å². The Morgan fingerprint density at radius 3 is 2.81 bits per heavy atom. The first kappa shape index (κ1) is 12.0. The van der Waals surface area contributed by atoms with Crippen LogP contribution in [0.1, 0.15) is 18.4 Å². The maximum absolute atomic E-state index is 9.68. The van der Waals surface area contributed by atoms with Gasteiger partial charge in [0, 0.05) is 24.5 Å². The van der Waals surface area contributed by atoms with Crippen LogP contribution in [0.4, 0.5) is 0 Å². The van der Waals surface area contributed by atoms with E-state index < -0.39 is 0 Å². The van der Waals surface area contributed by atoms with Crippen molar-refractivity contribution in [3.8, 4) is 0 Å². The number of aliphatic hydroxyl groups excluding tert-OH is 1. The molecule has 90 valence electrons. The molecule has 0 radical (unpaired) electrons. The fraction of sp³-hybridized carbons (Fsp3) is 0.667. The lowest BCUT2D eigenvalue weighted by Gasteiger charge is -2.43. The third-order valence-corrected chi connectivity index (χ3v) is 4.60. The summed E-state index contributed by atoms with van der Waals surface area (Å²) >= 11 is 1.99. The molecule has 0 amide bonds. The molecule has 1 aliphatic rings. The topological polar surface area (TPSA) is 39.3 Å². The van der Waals surface area contributed by atoms with Crippen LogP contribution in [0.25, 0.3) is 0 Å². The van der Waals surface area contributed by atoms with Crippen LogP contribution in [-0.4, -0.2) is 45.7 Å². The second-order valence-corrected chi connectivity index (χ2v) is 5.79. The largest absolute Gasteiger partial charge is 0.394 e. The molecule has 0 aliphatic carbocycles. The van der Waals surface area contributed by atoms with E-state index >= 15 is 0 Å². The Morgan fingerprint density at radius 2 is 2.25 bits per heavy atom. The van der Waals surface area contributed by atoms with E-state index in [4.69, 9.17) is 0 Å². The maximum atomic E-state index is 9.68. The summed E-state index contributed by atoms with van der Waals surface area (Å²) in [4.78, 5) is 5.39. The molecule has 2 heterocycles. The van der Waals surface area contributed by atoms with Crippen LogP contribution >= 0.6 is 11.8 Å². The number of aromatic nitrogens is 1. The van der Waals surface area contributed by atoms with E-state index in [0.29, 0.717) is 0 Å². The van der Waals surface area contributed by atoms with E-state index in [1.807, 2.05) is 24.2 Å². The molecular formula is C12H20N2OS. The Hall–Kier alpha value is -0.450. The van der Waals surface area contributed by atoms with Crippen molar-refractivity contribution in [1.82, 2.24) is 9.88 Å². The van der Waals surface area contributed by atoms with Gasteiger partial charge in [0.25, 0.3) is 0 Å². The summed E-state index contributed by atoms with van der Waals surface area (Å²) in [6, 6.07) is 2.10. The molecule has 0 spiro atoms. The summed E-state index contributed by atoms with van der Waals surface area (Å²) in [5.74, 6) is 2.33. The highest BCUT2D eigenvalue weighted by Crippen LogP contribution is 2.32. The normalized spacial score (nSPS) is 20.2. The Bertz CT molecular complexity index is 307. The summed E-state index contributed by atoms with van der Waals surface area (Å²) in [7, 11) is 2.12. The van der Waals surface area contributed by atoms with Gasteiger partial charge in [0.15, 0.2) is 0 Å². The van der Waals surface area contributed by atoms with Crippen LogP contribution in [-0.2, 0) is 6.54 Å². The van der Waals surface area contributed by atoms with Gasteiger partial charge in [-0.3, -0.25) is 4.90 Å². The molecule has 1 saturated heterocycles. The Balaban J connectivity index is 2.02. The van der Waals surface area contributed by atoms with Crippen molar-refractivity contribution in [3.63, 3.8) is 0 Å². The van der Waals surface area contributed by atoms with E-state index in [-0.39, 0.29) is 12.1 Å². The van der Waals surface area contributed by atoms with Gasteiger partial charge in [-0.2, -0.15) is 11.8 Å². The molecule has 3 nitrogen and oxygen atoms in total. The van der Waals surface area contributed by atoms with Crippen LogP contribution < -0.4 is 0 Å². The summed E-state index contributed by atoms with van der Waals surface area (Å²) in [6.45, 7) is 1.18. The Morgan fingerprint density at radius 1 is 1.50 bits per heavy atom. The lowest BCUT2D eigenvalue weighted by molar-refractivity contribution is 0.0361. The maximum Gasteiger partial charge on any atom is 0.0616 e. The van der Waals surface area contributed by atoms with Crippen molar-refractivity contribution in [2.45, 2.75) is 24.9 Å². The molecule has 0 unspecified atom stereocenters. The molecule has 0 bridgehead atoms. The lowest BCUT2D eigenvalue weighted by atomic mass is 9.91. The molecule has 16 heavy (non-hydrogen) atoms. The lowest BCUT2D eigenvalue weighted by Crippen LogP contribution is -2.51. The van der Waals surface area contributed by atoms with Crippen molar-refractivity contribution >= 4 is 11.8 Å². The summed E-state index contributed by atoms with van der Waals surface area (Å²) in [6.07, 6.45) is 6.16. The first-order chi connectivity index (χ1) is 7.77. The summed E-state index contributed by atoms with van der Waals surface area (Å²) < 4.78 is 0. The number of thioether (sulfide) groups is 1. The smallest absolute Gasteiger partial charge is 0.0616 e. The van der Waals surface area contributed by atoms with Crippen molar-refractivity contribution in [3.05, 3.63) is 24.0 Å². The highest BCUT2D eigenvalue weighted by molar-refractivity contribution is 7.99. The molecule has 2 rings (SSSR count). The number of rotatable bonds is 4. The fourth-order valence-corrected chi connectivity index (χ4v) is 3.56. The van der Waals surface area contributed by atoms with E-state index in [1.165, 1.54) is 5.56 Å². The van der Waals surface area contributed by atoms with Gasteiger partial charge in [-0.25, -0.2) is 0 Å². The number of likely N-dealkylation sites (N-methyl/N-ethyl adjacent to an activating group) is 1. The minimum Gasteiger partial charge on any atom is -0.394 e. The molecule has 1 aromatic heterocycles. The molecule has 0 aromatic carbocycles. The highest BCUT2D eigenvalue weighted by Gasteiger charge is 2.35. The van der Waals surface area contributed by atoms with E-state index in [9.17, 15) is 5.11 Å². The van der Waals surface area contributed by atoms with Gasteiger partial charge in [-0.15, -0.1) is 0 Å². The quantitative estimate of drug-likeness (QED) is 0.841. The average Bonchev–Trinajstić information content (AvgIpc) is 2.82. The van der Waals surface area contributed by atoms with Gasteiger partial charge < -0.3 is 10.1 Å². The van der Waals surface area contributed by atoms with Gasteiger partial charge in [-0.1, -0.05) is 0 Å². The number of nitrogens with one attached hydrogen (secondary N) is 1. The van der Waals surface area contributed by atoms with Gasteiger partial charge >= 0.3 is 0 Å². The molecule has 0 atom stereocenters. The van der Waals surface area contributed by atoms with Crippen molar-refractivity contribution in [2.24, 2.45) is 0 Å². The summed E-state index contributed by atoms with van der Waals surface area (Å²) in [5, 5.41) is 9.68. The zero-order chi connectivity index (χ0) is 11.4. The van der Waals surface area contributed by atoms with Crippen LogP contribution in [0, 0.1) is 0 Å². The van der Waals surface area contributed by atoms with Crippen molar-refractivity contribution in [2.75, 3.05) is 25.2 Å². The number of nitrogens with zero attached hydrogens (tertiary/aromatic N) is 1. The predicted molar refractivity (Wildman–Crippen MR) is 68.6 cm³/mol. The van der Waals surface area contributed by atoms with Crippen molar-refractivity contribution in [1.29, 1.82) is 0 Å². The average molecular weight is 240 g/mol. The molecule has 0 saturated carbocycles. The molecule has 1 fully saturated rings. The zero-order valence-electron chi connectivity index (χ0n) is 9.78. The SMILES string of the molecule is CN(Cc1cc[nH]c1)C1(CO)CCSCC1. The van der Waals surface area contributed by atoms with Gasteiger partial charge in [0.05, 0.1) is 6.61 Å². The molecule has 1 aliphatic heterocycles. The number of H-pyrrole nitrogens is 1. The predicted octanol–water partition coefficient (Wildman–Crippen LogP) is 1.70. The minimum atomic E-state index is 0.00250. The minimum absolute atomic E-state index is 0.00250. The second kappa shape index (κ2) is 5.25. The van der Waals surface area contributed by atoms with E-state index in [1.54, 1.807) is 0 Å². The van der Waals surface area contributed by atoms with Crippen LogP contribution in [0.15, 0.2) is 18.5 Å². The molecule has 2 N–H and O–H groups in total. The number of hydrogen-bond donors (Lipinski definition) is 2. The van der Waals surface area contributed by atoms with Crippen LogP contribution in [0.2, 0.25) is 0 Å². The van der Waals surface area contributed by atoms with Crippen LogP contribution in [0.3, 0.4) is 0 Å². The Labute approximate surface area is 101 Å². The third kappa shape index (κ3) is 2.44. The van der Waals surface area contributed by atoms with Crippen molar-refractivity contribution < 1.29 is 5.11 Å². The van der Waals surface area contributed by atoms with E-state index in [2.05, 4.69) is 23.0 Å². The Kier molecular flexibility index (Phi) is 3.95. The number of aliphatic hydroxyl groups is 1. The third-order valence-electron chi connectivity index (χ3n) is 3.61. The zero-order valence-corrected chi connectivity index (χ0v) is 10.6. The number of aromatic amines is 1. The summed E-state index contributed by atoms with van der Waals surface area (Å²) in [5.41, 5.74) is 1.29. The molecule has 1 aromatic rings. The van der Waals surface area contributed by atoms with Gasteiger partial charge in [0.2, 0.25) is 0 Å². The molecule has 4 heteroatoms. The van der Waals surface area contributed by atoms with E-state index in [0.717, 1.165) is 30.9 Å².